The fraction of sp³-hybridized carbons (Fsp3) is 0.750. The summed E-state index contributed by atoms with van der Waals surface area (Å²) in [4.78, 5) is 22.9. The molecule has 3 fully saturated rings. The number of hydrogen-bond donors (Lipinski definition) is 1. The van der Waals surface area contributed by atoms with Gasteiger partial charge in [-0.2, -0.15) is 0 Å². The van der Waals surface area contributed by atoms with Crippen LogP contribution in [0.5, 0.6) is 0 Å². The Bertz CT molecular complexity index is 942. The number of allylic oxidation sites excluding steroid dienone is 5. The SMILES string of the molecule is CC(C)[C@@H](C)C=C[C@@H](C)[C@H]1CC[C@H]2C3=CC=C4C[C@@H](OC(=O)CCC(=O)O)CC[C@]4(C)[C@H]3CC[C@]12C. The van der Waals surface area contributed by atoms with Gasteiger partial charge < -0.3 is 9.84 Å². The molecule has 0 amide bonds. The number of ether oxygens (including phenoxy) is 1. The lowest BCUT2D eigenvalue weighted by molar-refractivity contribution is -0.153. The Morgan fingerprint density at radius 2 is 1.75 bits per heavy atom. The third-order valence-corrected chi connectivity index (χ3v) is 10.8. The monoisotopic (exact) mass is 496 g/mol. The highest BCUT2D eigenvalue weighted by Crippen LogP contribution is 2.66. The molecule has 0 radical (unpaired) electrons. The van der Waals surface area contributed by atoms with E-state index >= 15 is 0 Å². The van der Waals surface area contributed by atoms with Gasteiger partial charge >= 0.3 is 11.9 Å². The Kier molecular flexibility index (Phi) is 7.93. The molecule has 0 aliphatic heterocycles. The van der Waals surface area contributed by atoms with Crippen LogP contribution < -0.4 is 0 Å². The van der Waals surface area contributed by atoms with Crippen LogP contribution in [0.25, 0.3) is 0 Å². The summed E-state index contributed by atoms with van der Waals surface area (Å²) in [7, 11) is 0. The van der Waals surface area contributed by atoms with E-state index in [1.165, 1.54) is 31.3 Å². The van der Waals surface area contributed by atoms with Crippen molar-refractivity contribution in [1.29, 1.82) is 0 Å². The van der Waals surface area contributed by atoms with Crippen molar-refractivity contribution in [3.8, 4) is 0 Å². The van der Waals surface area contributed by atoms with Gasteiger partial charge in [0.15, 0.2) is 0 Å². The summed E-state index contributed by atoms with van der Waals surface area (Å²) in [6.45, 7) is 14.4. The van der Waals surface area contributed by atoms with Crippen molar-refractivity contribution < 1.29 is 19.4 Å². The molecular weight excluding hydrogens is 448 g/mol. The Balaban J connectivity index is 1.47. The second-order valence-electron chi connectivity index (χ2n) is 13.2. The number of carboxylic acid groups (broad SMARTS) is 1. The van der Waals surface area contributed by atoms with E-state index in [1.807, 2.05) is 0 Å². The van der Waals surface area contributed by atoms with Gasteiger partial charge in [-0.05, 0) is 84.9 Å². The molecule has 0 aromatic carbocycles. The minimum Gasteiger partial charge on any atom is -0.481 e. The van der Waals surface area contributed by atoms with Gasteiger partial charge in [0, 0.05) is 6.42 Å². The highest BCUT2D eigenvalue weighted by atomic mass is 16.5. The molecule has 0 aromatic heterocycles. The zero-order chi connectivity index (χ0) is 26.3. The maximum Gasteiger partial charge on any atom is 0.306 e. The molecule has 0 unspecified atom stereocenters. The maximum atomic E-state index is 12.1. The quantitative estimate of drug-likeness (QED) is 0.276. The van der Waals surface area contributed by atoms with Gasteiger partial charge in [0.2, 0.25) is 0 Å². The zero-order valence-electron chi connectivity index (χ0n) is 23.4. The molecule has 4 aliphatic rings. The Morgan fingerprint density at radius 1 is 1.00 bits per heavy atom. The van der Waals surface area contributed by atoms with Gasteiger partial charge in [-0.15, -0.1) is 0 Å². The lowest BCUT2D eigenvalue weighted by atomic mass is 9.50. The lowest BCUT2D eigenvalue weighted by Crippen LogP contribution is -2.46. The third kappa shape index (κ3) is 5.11. The van der Waals surface area contributed by atoms with Crippen LogP contribution in [0.15, 0.2) is 35.5 Å². The van der Waals surface area contributed by atoms with Crippen LogP contribution in [0.2, 0.25) is 0 Å². The van der Waals surface area contributed by atoms with Crippen LogP contribution in [-0.2, 0) is 14.3 Å². The van der Waals surface area contributed by atoms with Crippen molar-refractivity contribution in [3.05, 3.63) is 35.5 Å². The normalized spacial score (nSPS) is 37.4. The zero-order valence-corrected chi connectivity index (χ0v) is 23.4. The van der Waals surface area contributed by atoms with E-state index in [1.54, 1.807) is 5.57 Å². The van der Waals surface area contributed by atoms with Crippen molar-refractivity contribution in [3.63, 3.8) is 0 Å². The van der Waals surface area contributed by atoms with E-state index in [-0.39, 0.29) is 30.3 Å². The molecule has 0 spiro atoms. The molecule has 3 saturated carbocycles. The molecule has 8 atom stereocenters. The summed E-state index contributed by atoms with van der Waals surface area (Å²) in [6.07, 6.45) is 17.4. The number of fused-ring (bicyclic) bond motifs is 5. The van der Waals surface area contributed by atoms with E-state index in [0.29, 0.717) is 35.0 Å². The number of hydrogen-bond acceptors (Lipinski definition) is 3. The Labute approximate surface area is 218 Å². The Hall–Kier alpha value is -1.84. The lowest BCUT2D eigenvalue weighted by Gasteiger charge is -2.55. The third-order valence-electron chi connectivity index (χ3n) is 10.8. The van der Waals surface area contributed by atoms with Crippen LogP contribution in [0, 0.1) is 46.3 Å². The maximum absolute atomic E-state index is 12.1. The smallest absolute Gasteiger partial charge is 0.306 e. The number of esters is 1. The minimum atomic E-state index is -0.954. The highest BCUT2D eigenvalue weighted by Gasteiger charge is 2.57. The van der Waals surface area contributed by atoms with Gasteiger partial charge in [0.25, 0.3) is 0 Å². The summed E-state index contributed by atoms with van der Waals surface area (Å²) in [6, 6.07) is 0. The second kappa shape index (κ2) is 10.5. The van der Waals surface area contributed by atoms with Gasteiger partial charge in [-0.3, -0.25) is 9.59 Å². The van der Waals surface area contributed by atoms with Crippen LogP contribution in [0.1, 0.15) is 99.3 Å². The van der Waals surface area contributed by atoms with E-state index in [4.69, 9.17) is 9.84 Å². The van der Waals surface area contributed by atoms with Gasteiger partial charge in [-0.1, -0.05) is 77.0 Å². The fourth-order valence-corrected chi connectivity index (χ4v) is 8.13. The largest absolute Gasteiger partial charge is 0.481 e. The van der Waals surface area contributed by atoms with Gasteiger partial charge in [-0.25, -0.2) is 0 Å². The van der Waals surface area contributed by atoms with E-state index in [2.05, 4.69) is 65.8 Å². The summed E-state index contributed by atoms with van der Waals surface area (Å²) in [5, 5.41) is 8.84. The number of aliphatic carboxylic acids is 1. The van der Waals surface area contributed by atoms with Crippen LogP contribution in [0.3, 0.4) is 0 Å². The summed E-state index contributed by atoms with van der Waals surface area (Å²) in [5.74, 6) is 2.64. The van der Waals surface area contributed by atoms with Crippen molar-refractivity contribution >= 4 is 11.9 Å². The molecule has 4 aliphatic carbocycles. The molecule has 0 bridgehead atoms. The van der Waals surface area contributed by atoms with Gasteiger partial charge in [0.05, 0.1) is 12.8 Å². The summed E-state index contributed by atoms with van der Waals surface area (Å²) < 4.78 is 5.68. The number of carbonyl (C=O) groups is 2. The van der Waals surface area contributed by atoms with E-state index in [0.717, 1.165) is 25.2 Å². The van der Waals surface area contributed by atoms with Crippen LogP contribution in [0.4, 0.5) is 0 Å². The molecule has 4 nitrogen and oxygen atoms in total. The number of carbonyl (C=O) groups excluding carboxylic acids is 1. The van der Waals surface area contributed by atoms with Gasteiger partial charge in [0.1, 0.15) is 6.10 Å². The van der Waals surface area contributed by atoms with E-state index in [9.17, 15) is 9.59 Å². The summed E-state index contributed by atoms with van der Waals surface area (Å²) >= 11 is 0. The van der Waals surface area contributed by atoms with Crippen molar-refractivity contribution in [2.75, 3.05) is 0 Å². The first-order valence-electron chi connectivity index (χ1n) is 14.5. The van der Waals surface area contributed by atoms with E-state index < -0.39 is 5.97 Å². The molecule has 0 heterocycles. The topological polar surface area (TPSA) is 63.6 Å². The molecule has 1 N–H and O–H groups in total. The molecule has 200 valence electrons. The first-order valence-corrected chi connectivity index (χ1v) is 14.5. The first kappa shape index (κ1) is 27.2. The fourth-order valence-electron chi connectivity index (χ4n) is 8.13. The standard InChI is InChI=1S/C32H48O4/c1-20(2)21(3)7-8-22(4)26-11-12-27-25-10-9-23-19-24(36-30(35)14-13-29(33)34)15-17-31(23,5)28(25)16-18-32(26,27)6/h7-10,20-22,24,26-28H,11-19H2,1-6H3,(H,33,34)/t21-,22+,24-,26+,27-,28-,31-,32+/m0/s1. The van der Waals surface area contributed by atoms with Crippen molar-refractivity contribution in [1.82, 2.24) is 0 Å². The molecule has 0 saturated heterocycles. The minimum absolute atomic E-state index is 0.0414. The predicted molar refractivity (Wildman–Crippen MR) is 144 cm³/mol. The van der Waals surface area contributed by atoms with Crippen molar-refractivity contribution in [2.45, 2.75) is 105 Å². The molecule has 4 heteroatoms. The molecule has 4 rings (SSSR count). The van der Waals surface area contributed by atoms with Crippen LogP contribution >= 0.6 is 0 Å². The average molecular weight is 497 g/mol. The average Bonchev–Trinajstić information content (AvgIpc) is 3.18. The molecule has 0 aromatic rings. The van der Waals surface area contributed by atoms with Crippen LogP contribution in [-0.4, -0.2) is 23.1 Å². The predicted octanol–water partition coefficient (Wildman–Crippen LogP) is 7.75. The Morgan fingerprint density at radius 3 is 2.44 bits per heavy atom. The number of carboxylic acids is 1. The summed E-state index contributed by atoms with van der Waals surface area (Å²) in [5.41, 5.74) is 3.66. The van der Waals surface area contributed by atoms with Crippen molar-refractivity contribution in [2.24, 2.45) is 46.3 Å². The second-order valence-corrected chi connectivity index (χ2v) is 13.2. The highest BCUT2D eigenvalue weighted by molar-refractivity contribution is 5.76. The molecule has 36 heavy (non-hydrogen) atoms. The number of rotatable bonds is 8. The first-order chi connectivity index (χ1) is 17.0. The molecular formula is C32H48O4.